The summed E-state index contributed by atoms with van der Waals surface area (Å²) in [5.41, 5.74) is 1.11. The summed E-state index contributed by atoms with van der Waals surface area (Å²) in [6.45, 7) is 9.29. The van der Waals surface area contributed by atoms with Crippen LogP contribution in [0.2, 0.25) is 0 Å². The molecule has 0 spiro atoms. The molecular weight excluding hydrogens is 546 g/mol. The summed E-state index contributed by atoms with van der Waals surface area (Å²) >= 11 is 0. The average molecular weight is 604 g/mol. The molecule has 9 heteroatoms. The van der Waals surface area contributed by atoms with Gasteiger partial charge in [0.1, 0.15) is 12.2 Å². The lowest BCUT2D eigenvalue weighted by atomic mass is 9.85. The van der Waals surface area contributed by atoms with Crippen LogP contribution < -0.4 is 16.0 Å². The minimum atomic E-state index is -1.23. The Labute approximate surface area is 258 Å². The van der Waals surface area contributed by atoms with E-state index in [-0.39, 0.29) is 23.8 Å². The van der Waals surface area contributed by atoms with Crippen molar-refractivity contribution in [1.29, 1.82) is 0 Å². The average Bonchev–Trinajstić information content (AvgIpc) is 3.01. The third-order valence-electron chi connectivity index (χ3n) is 9.56. The van der Waals surface area contributed by atoms with Crippen LogP contribution in [0.25, 0.3) is 0 Å². The van der Waals surface area contributed by atoms with E-state index in [2.05, 4.69) is 36.7 Å². The van der Waals surface area contributed by atoms with Crippen LogP contribution >= 0.6 is 0 Å². The number of carbonyl (C=O) groups excluding carboxylic acids is 2. The smallest absolute Gasteiger partial charge is 0.315 e. The van der Waals surface area contributed by atoms with Crippen molar-refractivity contribution >= 4 is 11.9 Å². The van der Waals surface area contributed by atoms with Gasteiger partial charge in [0, 0.05) is 19.0 Å². The molecule has 2 saturated heterocycles. The second-order valence-electron chi connectivity index (χ2n) is 12.5. The number of urea groups is 1. The first-order valence-corrected chi connectivity index (χ1v) is 16.8. The van der Waals surface area contributed by atoms with E-state index >= 15 is 0 Å². The molecule has 3 rings (SSSR count). The van der Waals surface area contributed by atoms with E-state index in [1.54, 1.807) is 6.92 Å². The number of nitrogens with one attached hydrogen (secondary N) is 3. The molecule has 0 aromatic heterocycles. The second-order valence-corrected chi connectivity index (χ2v) is 12.5. The summed E-state index contributed by atoms with van der Waals surface area (Å²) < 4.78 is 12.6. The lowest BCUT2D eigenvalue weighted by Gasteiger charge is -2.43. The van der Waals surface area contributed by atoms with Gasteiger partial charge in [-0.3, -0.25) is 4.79 Å². The van der Waals surface area contributed by atoms with Crippen molar-refractivity contribution in [2.24, 2.45) is 17.8 Å². The van der Waals surface area contributed by atoms with E-state index in [1.165, 1.54) is 0 Å². The Balaban J connectivity index is 1.65. The molecule has 43 heavy (non-hydrogen) atoms. The fourth-order valence-electron chi connectivity index (χ4n) is 6.57. The zero-order chi connectivity index (χ0) is 31.2. The minimum Gasteiger partial charge on any atom is -0.388 e. The number of amides is 3. The summed E-state index contributed by atoms with van der Waals surface area (Å²) in [6.07, 6.45) is 6.10. The predicted octanol–water partition coefficient (Wildman–Crippen LogP) is 4.69. The largest absolute Gasteiger partial charge is 0.388 e. The molecule has 2 fully saturated rings. The number of carbonyl (C=O) groups is 2. The highest BCUT2D eigenvalue weighted by Crippen LogP contribution is 2.31. The molecule has 0 unspecified atom stereocenters. The number of benzene rings is 1. The van der Waals surface area contributed by atoms with Gasteiger partial charge in [0.05, 0.1) is 18.2 Å². The van der Waals surface area contributed by atoms with E-state index in [1.807, 2.05) is 30.3 Å². The van der Waals surface area contributed by atoms with Crippen LogP contribution in [0.4, 0.5) is 4.79 Å². The van der Waals surface area contributed by atoms with Gasteiger partial charge in [-0.1, -0.05) is 76.8 Å². The van der Waals surface area contributed by atoms with Gasteiger partial charge < -0.3 is 35.6 Å². The van der Waals surface area contributed by atoms with Gasteiger partial charge in [-0.15, -0.1) is 0 Å². The van der Waals surface area contributed by atoms with Gasteiger partial charge in [-0.2, -0.15) is 0 Å². The van der Waals surface area contributed by atoms with Crippen molar-refractivity contribution in [2.75, 3.05) is 13.1 Å². The first-order valence-electron chi connectivity index (χ1n) is 16.8. The SMILES string of the molecule is CC[C@@H]1CCC[C@H](CC)C(=O)NCCC[C@@H](CC)[C@H](O[C@@H]2O[C@@H](C)[C@@H](O)[C@@H](NC(=O)NCCc3ccccc3)[C@H]2O)CC1. The molecule has 0 radical (unpaired) electrons. The predicted molar refractivity (Wildman–Crippen MR) is 168 cm³/mol. The summed E-state index contributed by atoms with van der Waals surface area (Å²) in [6, 6.07) is 8.50. The lowest BCUT2D eigenvalue weighted by molar-refractivity contribution is -0.288. The molecule has 5 N–H and O–H groups in total. The maximum atomic E-state index is 12.7. The number of aliphatic hydroxyl groups is 2. The Morgan fingerprint density at radius 2 is 1.74 bits per heavy atom. The highest BCUT2D eigenvalue weighted by atomic mass is 16.7. The number of rotatable bonds is 9. The summed E-state index contributed by atoms with van der Waals surface area (Å²) in [5.74, 6) is 1.03. The highest BCUT2D eigenvalue weighted by molar-refractivity contribution is 5.78. The van der Waals surface area contributed by atoms with Crippen LogP contribution in [0.5, 0.6) is 0 Å². The van der Waals surface area contributed by atoms with Crippen molar-refractivity contribution in [2.45, 2.75) is 135 Å². The molecule has 1 aromatic rings. The van der Waals surface area contributed by atoms with E-state index in [0.717, 1.165) is 69.8 Å². The number of hydrogen-bond donors (Lipinski definition) is 5. The molecule has 2 heterocycles. The van der Waals surface area contributed by atoms with Crippen molar-refractivity contribution in [3.8, 4) is 0 Å². The Hall–Kier alpha value is -2.20. The Morgan fingerprint density at radius 1 is 0.977 bits per heavy atom. The molecule has 0 aliphatic carbocycles. The van der Waals surface area contributed by atoms with Crippen LogP contribution in [0.1, 0.15) is 97.5 Å². The molecule has 1 aromatic carbocycles. The second kappa shape index (κ2) is 18.6. The Bertz CT molecular complexity index is 949. The highest BCUT2D eigenvalue weighted by Gasteiger charge is 2.45. The van der Waals surface area contributed by atoms with E-state index < -0.39 is 36.7 Å². The molecule has 2 aliphatic rings. The fourth-order valence-corrected chi connectivity index (χ4v) is 6.57. The zero-order valence-corrected chi connectivity index (χ0v) is 26.8. The maximum Gasteiger partial charge on any atom is 0.315 e. The molecule has 9 nitrogen and oxygen atoms in total. The van der Waals surface area contributed by atoms with E-state index in [0.29, 0.717) is 25.4 Å². The van der Waals surface area contributed by atoms with Crippen molar-refractivity contribution < 1.29 is 29.3 Å². The summed E-state index contributed by atoms with van der Waals surface area (Å²) in [4.78, 5) is 25.5. The van der Waals surface area contributed by atoms with E-state index in [4.69, 9.17) is 9.47 Å². The quantitative estimate of drug-likeness (QED) is 0.279. The van der Waals surface area contributed by atoms with E-state index in [9.17, 15) is 19.8 Å². The van der Waals surface area contributed by atoms with Crippen molar-refractivity contribution in [3.05, 3.63) is 35.9 Å². The van der Waals surface area contributed by atoms with Crippen molar-refractivity contribution in [1.82, 2.24) is 16.0 Å². The van der Waals surface area contributed by atoms with Gasteiger partial charge in [-0.05, 0) is 69.3 Å². The molecule has 3 amide bonds. The monoisotopic (exact) mass is 603 g/mol. The Morgan fingerprint density at radius 3 is 2.44 bits per heavy atom. The van der Waals surface area contributed by atoms with Crippen LogP contribution in [-0.4, -0.2) is 72.0 Å². The van der Waals surface area contributed by atoms with Gasteiger partial charge in [0.2, 0.25) is 5.91 Å². The van der Waals surface area contributed by atoms with Crippen molar-refractivity contribution in [3.63, 3.8) is 0 Å². The lowest BCUT2D eigenvalue weighted by Crippen LogP contribution is -2.65. The van der Waals surface area contributed by atoms with Gasteiger partial charge in [0.15, 0.2) is 6.29 Å². The third-order valence-corrected chi connectivity index (χ3v) is 9.56. The standard InChI is InChI=1S/C34H57N3O6/c1-5-24-15-11-16-27(7-3)32(40)35-21-12-17-26(6-2)28(19-18-24)43-33-31(39)29(30(38)23(4)42-33)37-34(41)36-22-20-25-13-9-8-10-14-25/h8-10,13-14,23-24,26-31,33,38-39H,5-7,11-12,15-22H2,1-4H3,(H,35,40)(H2,36,37,41)/t23-,24+,26+,27-,28+,29+,30+,31+,33-/m0/s1. The first-order chi connectivity index (χ1) is 20.8. The molecule has 2 aliphatic heterocycles. The summed E-state index contributed by atoms with van der Waals surface area (Å²) in [7, 11) is 0. The normalized spacial score (nSPS) is 33.2. The molecular formula is C34H57N3O6. The van der Waals surface area contributed by atoms with Gasteiger partial charge in [-0.25, -0.2) is 4.79 Å². The molecule has 0 bridgehead atoms. The van der Waals surface area contributed by atoms with Crippen LogP contribution in [0.15, 0.2) is 30.3 Å². The van der Waals surface area contributed by atoms with Crippen LogP contribution in [-0.2, 0) is 20.7 Å². The fraction of sp³-hybridized carbons (Fsp3) is 0.765. The van der Waals surface area contributed by atoms with Crippen LogP contribution in [0, 0.1) is 17.8 Å². The van der Waals surface area contributed by atoms with Gasteiger partial charge in [0.25, 0.3) is 0 Å². The number of ether oxygens (including phenoxy) is 2. The summed E-state index contributed by atoms with van der Waals surface area (Å²) in [5, 5.41) is 30.9. The zero-order valence-electron chi connectivity index (χ0n) is 26.8. The Kier molecular flexibility index (Phi) is 15.2. The molecule has 9 atom stereocenters. The molecule has 0 saturated carbocycles. The topological polar surface area (TPSA) is 129 Å². The third kappa shape index (κ3) is 11.0. The van der Waals surface area contributed by atoms with Gasteiger partial charge >= 0.3 is 6.03 Å². The molecule has 244 valence electrons. The number of hydrogen-bond acceptors (Lipinski definition) is 6. The van der Waals surface area contributed by atoms with Crippen LogP contribution in [0.3, 0.4) is 0 Å². The maximum absolute atomic E-state index is 12.7. The first kappa shape index (κ1) is 35.3. The minimum absolute atomic E-state index is 0.0910. The number of aliphatic hydroxyl groups excluding tert-OH is 2.